The summed E-state index contributed by atoms with van der Waals surface area (Å²) >= 11 is 0. The minimum Gasteiger partial charge on any atom is -0.499 e. The second-order valence-electron chi connectivity index (χ2n) is 2.38. The molecule has 0 saturated heterocycles. The largest absolute Gasteiger partial charge is 0.499 e. The molecule has 0 spiro atoms. The molecule has 64 valence electrons. The monoisotopic (exact) mass is 164 g/mol. The van der Waals surface area contributed by atoms with Crippen molar-refractivity contribution >= 4 is 6.08 Å². The van der Waals surface area contributed by atoms with Crippen LogP contribution < -0.4 is 0 Å². The average Bonchev–Trinajstić information content (AvgIpc) is 2.16. The average molecular weight is 164 g/mol. The smallest absolute Gasteiger partial charge is 0.121 e. The maximum Gasteiger partial charge on any atom is 0.121 e. The summed E-state index contributed by atoms with van der Waals surface area (Å²) < 4.78 is 4.91. The predicted octanol–water partition coefficient (Wildman–Crippen LogP) is 1.67. The van der Waals surface area contributed by atoms with Crippen LogP contribution in [-0.2, 0) is 4.74 Å². The van der Waals surface area contributed by atoms with Gasteiger partial charge in [0, 0.05) is 0 Å². The van der Waals surface area contributed by atoms with Crippen molar-refractivity contribution < 1.29 is 9.84 Å². The molecular weight excluding hydrogens is 152 g/mol. The Morgan fingerprint density at radius 1 is 1.42 bits per heavy atom. The number of hydrogen-bond acceptors (Lipinski definition) is 2. The molecule has 0 aliphatic heterocycles. The van der Waals surface area contributed by atoms with E-state index in [1.165, 1.54) is 0 Å². The molecule has 0 saturated carbocycles. The number of rotatable bonds is 3. The molecule has 0 unspecified atom stereocenters. The number of benzene rings is 1. The van der Waals surface area contributed by atoms with Gasteiger partial charge >= 0.3 is 0 Å². The van der Waals surface area contributed by atoms with Crippen LogP contribution >= 0.6 is 0 Å². The van der Waals surface area contributed by atoms with Gasteiger partial charge in [-0.05, 0) is 11.6 Å². The highest BCUT2D eigenvalue weighted by Gasteiger charge is 1.92. The Morgan fingerprint density at radius 2 is 2.08 bits per heavy atom. The molecule has 0 heterocycles. The molecule has 0 radical (unpaired) electrons. The maximum atomic E-state index is 8.79. The zero-order chi connectivity index (χ0) is 8.81. The molecule has 1 rings (SSSR count). The molecule has 0 amide bonds. The van der Waals surface area contributed by atoms with Crippen LogP contribution in [-0.4, -0.2) is 18.8 Å². The van der Waals surface area contributed by atoms with Crippen molar-refractivity contribution in [1.29, 1.82) is 0 Å². The summed E-state index contributed by atoms with van der Waals surface area (Å²) in [5.41, 5.74) is 1.03. The lowest BCUT2D eigenvalue weighted by molar-refractivity contribution is 0.210. The molecule has 0 atom stereocenters. The van der Waals surface area contributed by atoms with Crippen molar-refractivity contribution in [3.05, 3.63) is 41.7 Å². The topological polar surface area (TPSA) is 29.5 Å². The summed E-state index contributed by atoms with van der Waals surface area (Å²) in [5.74, 6) is 0.571. The zero-order valence-electron chi connectivity index (χ0n) is 7.03. The molecular formula is C10H12O2. The molecule has 12 heavy (non-hydrogen) atoms. The summed E-state index contributed by atoms with van der Waals surface area (Å²) in [6, 6.07) is 9.74. The minimum absolute atomic E-state index is 0.0641. The molecule has 1 aromatic rings. The van der Waals surface area contributed by atoms with Gasteiger partial charge in [-0.15, -0.1) is 0 Å². The highest BCUT2D eigenvalue weighted by Crippen LogP contribution is 2.05. The Balaban J connectivity index is 2.79. The van der Waals surface area contributed by atoms with E-state index in [-0.39, 0.29) is 6.61 Å². The van der Waals surface area contributed by atoms with Crippen molar-refractivity contribution in [2.45, 2.75) is 0 Å². The quantitative estimate of drug-likeness (QED) is 0.688. The third kappa shape index (κ3) is 2.40. The van der Waals surface area contributed by atoms with Crippen molar-refractivity contribution in [3.8, 4) is 0 Å². The van der Waals surface area contributed by atoms with Crippen molar-refractivity contribution in [1.82, 2.24) is 0 Å². The number of ether oxygens (including phenoxy) is 1. The van der Waals surface area contributed by atoms with Crippen molar-refractivity contribution in [3.63, 3.8) is 0 Å². The standard InChI is InChI=1S/C10H12O2/c1-12-10(8-11)7-9-5-3-2-4-6-9/h2-7,11H,8H2,1H3. The Bertz CT molecular complexity index is 246. The SMILES string of the molecule is COC(=Cc1ccccc1)CO. The number of methoxy groups -OCH3 is 1. The van der Waals surface area contributed by atoms with Crippen molar-refractivity contribution in [2.24, 2.45) is 0 Å². The van der Waals surface area contributed by atoms with Crippen LogP contribution in [0.2, 0.25) is 0 Å². The fourth-order valence-electron chi connectivity index (χ4n) is 0.904. The van der Waals surface area contributed by atoms with Gasteiger partial charge in [0.25, 0.3) is 0 Å². The number of aliphatic hydroxyl groups is 1. The van der Waals surface area contributed by atoms with Crippen LogP contribution in [0.3, 0.4) is 0 Å². The summed E-state index contributed by atoms with van der Waals surface area (Å²) in [6.07, 6.45) is 1.81. The summed E-state index contributed by atoms with van der Waals surface area (Å²) in [7, 11) is 1.55. The van der Waals surface area contributed by atoms with E-state index in [0.29, 0.717) is 5.76 Å². The third-order valence-electron chi connectivity index (χ3n) is 1.55. The fourth-order valence-corrected chi connectivity index (χ4v) is 0.904. The zero-order valence-corrected chi connectivity index (χ0v) is 7.03. The number of hydrogen-bond donors (Lipinski definition) is 1. The third-order valence-corrected chi connectivity index (χ3v) is 1.55. The fraction of sp³-hybridized carbons (Fsp3) is 0.200. The second-order valence-corrected chi connectivity index (χ2v) is 2.38. The van der Waals surface area contributed by atoms with Crippen LogP contribution in [0.4, 0.5) is 0 Å². The van der Waals surface area contributed by atoms with Gasteiger partial charge in [-0.3, -0.25) is 0 Å². The van der Waals surface area contributed by atoms with Crippen LogP contribution in [0.1, 0.15) is 5.56 Å². The Morgan fingerprint density at radius 3 is 2.58 bits per heavy atom. The highest BCUT2D eigenvalue weighted by molar-refractivity contribution is 5.50. The summed E-state index contributed by atoms with van der Waals surface area (Å²) in [4.78, 5) is 0. The van der Waals surface area contributed by atoms with Crippen LogP contribution in [0.5, 0.6) is 0 Å². The van der Waals surface area contributed by atoms with Crippen LogP contribution in [0, 0.1) is 0 Å². The van der Waals surface area contributed by atoms with Gasteiger partial charge < -0.3 is 9.84 Å². The Kier molecular flexibility index (Phi) is 3.35. The second kappa shape index (κ2) is 4.57. The van der Waals surface area contributed by atoms with E-state index in [9.17, 15) is 0 Å². The van der Waals surface area contributed by atoms with Crippen LogP contribution in [0.15, 0.2) is 36.1 Å². The molecule has 1 aromatic carbocycles. The number of aliphatic hydroxyl groups excluding tert-OH is 1. The van der Waals surface area contributed by atoms with E-state index in [1.807, 2.05) is 30.3 Å². The molecule has 0 fully saturated rings. The summed E-state index contributed by atoms with van der Waals surface area (Å²) in [6.45, 7) is -0.0641. The van der Waals surface area contributed by atoms with Gasteiger partial charge in [0.2, 0.25) is 0 Å². The first-order chi connectivity index (χ1) is 5.86. The van der Waals surface area contributed by atoms with Crippen molar-refractivity contribution in [2.75, 3.05) is 13.7 Å². The molecule has 0 bridgehead atoms. The van der Waals surface area contributed by atoms with Gasteiger partial charge in [-0.2, -0.15) is 0 Å². The van der Waals surface area contributed by atoms with E-state index in [4.69, 9.17) is 9.84 Å². The van der Waals surface area contributed by atoms with Gasteiger partial charge in [-0.25, -0.2) is 0 Å². The highest BCUT2D eigenvalue weighted by atomic mass is 16.5. The van der Waals surface area contributed by atoms with Gasteiger partial charge in [0.1, 0.15) is 12.4 Å². The van der Waals surface area contributed by atoms with Gasteiger partial charge in [0.05, 0.1) is 7.11 Å². The van der Waals surface area contributed by atoms with Gasteiger partial charge in [0.15, 0.2) is 0 Å². The molecule has 0 aliphatic carbocycles. The van der Waals surface area contributed by atoms with Crippen LogP contribution in [0.25, 0.3) is 6.08 Å². The first-order valence-electron chi connectivity index (χ1n) is 3.77. The van der Waals surface area contributed by atoms with E-state index in [1.54, 1.807) is 13.2 Å². The lowest BCUT2D eigenvalue weighted by Gasteiger charge is -2.01. The van der Waals surface area contributed by atoms with E-state index in [0.717, 1.165) is 5.56 Å². The first kappa shape index (κ1) is 8.81. The van der Waals surface area contributed by atoms with E-state index in [2.05, 4.69) is 0 Å². The molecule has 1 N–H and O–H groups in total. The minimum atomic E-state index is -0.0641. The Labute approximate surface area is 72.1 Å². The molecule has 0 aromatic heterocycles. The molecule has 2 nitrogen and oxygen atoms in total. The van der Waals surface area contributed by atoms with E-state index >= 15 is 0 Å². The predicted molar refractivity (Wildman–Crippen MR) is 48.5 cm³/mol. The normalized spacial score (nSPS) is 11.3. The summed E-state index contributed by atoms with van der Waals surface area (Å²) in [5, 5.41) is 8.79. The molecule has 2 heteroatoms. The first-order valence-corrected chi connectivity index (χ1v) is 3.77. The van der Waals surface area contributed by atoms with Gasteiger partial charge in [-0.1, -0.05) is 30.3 Å². The van der Waals surface area contributed by atoms with E-state index < -0.39 is 0 Å². The maximum absolute atomic E-state index is 8.79. The molecule has 0 aliphatic rings. The Hall–Kier alpha value is -1.28. The lowest BCUT2D eigenvalue weighted by Crippen LogP contribution is -1.91. The lowest BCUT2D eigenvalue weighted by atomic mass is 10.2.